The molecule has 0 aliphatic carbocycles. The first-order valence-corrected chi connectivity index (χ1v) is 8.52. The zero-order valence-corrected chi connectivity index (χ0v) is 15.6. The maximum absolute atomic E-state index is 12.5. The molecule has 2 aromatic rings. The summed E-state index contributed by atoms with van der Waals surface area (Å²) in [6.45, 7) is 6.65. The second-order valence-electron chi connectivity index (χ2n) is 6.02. The van der Waals surface area contributed by atoms with Gasteiger partial charge in [-0.15, -0.1) is 0 Å². The van der Waals surface area contributed by atoms with Crippen LogP contribution in [0.4, 0.5) is 5.69 Å². The third-order valence-corrected chi connectivity index (χ3v) is 4.13. The van der Waals surface area contributed by atoms with Crippen LogP contribution in [0.15, 0.2) is 61.2 Å². The normalized spacial score (nSPS) is 11.7. The number of rotatable bonds is 9. The highest BCUT2D eigenvalue weighted by Gasteiger charge is 2.19. The first-order chi connectivity index (χ1) is 12.5. The molecule has 1 N–H and O–H groups in total. The van der Waals surface area contributed by atoms with Crippen molar-refractivity contribution in [2.24, 2.45) is 0 Å². The number of amides is 1. The Kier molecular flexibility index (Phi) is 7.24. The summed E-state index contributed by atoms with van der Waals surface area (Å²) in [5.74, 6) is 1.37. The minimum atomic E-state index is -0.295. The van der Waals surface area contributed by atoms with Crippen LogP contribution in [-0.4, -0.2) is 37.6 Å². The highest BCUT2D eigenvalue weighted by molar-refractivity contribution is 5.95. The summed E-state index contributed by atoms with van der Waals surface area (Å²) >= 11 is 0. The monoisotopic (exact) mass is 354 g/mol. The molecule has 0 unspecified atom stereocenters. The van der Waals surface area contributed by atoms with Gasteiger partial charge in [-0.2, -0.15) is 0 Å². The second kappa shape index (κ2) is 9.63. The third kappa shape index (κ3) is 5.36. The van der Waals surface area contributed by atoms with Crippen LogP contribution in [0.3, 0.4) is 0 Å². The average molecular weight is 354 g/mol. The van der Waals surface area contributed by atoms with Crippen LogP contribution in [0.5, 0.6) is 11.5 Å². The lowest BCUT2D eigenvalue weighted by atomic mass is 10.1. The number of nitrogens with one attached hydrogen (secondary N) is 1. The minimum absolute atomic E-state index is 0.0806. The Balaban J connectivity index is 1.94. The maximum Gasteiger partial charge on any atom is 0.241 e. The van der Waals surface area contributed by atoms with Gasteiger partial charge in [-0.1, -0.05) is 36.9 Å². The number of methoxy groups -OCH3 is 1. The second-order valence-corrected chi connectivity index (χ2v) is 6.02. The van der Waals surface area contributed by atoms with E-state index in [0.717, 1.165) is 11.3 Å². The topological polar surface area (TPSA) is 50.8 Å². The van der Waals surface area contributed by atoms with E-state index in [-0.39, 0.29) is 11.9 Å². The zero-order chi connectivity index (χ0) is 18.9. The highest BCUT2D eigenvalue weighted by atomic mass is 16.5. The van der Waals surface area contributed by atoms with E-state index in [2.05, 4.69) is 11.9 Å². The molecule has 0 aliphatic heterocycles. The summed E-state index contributed by atoms with van der Waals surface area (Å²) in [5, 5.41) is 2.93. The predicted octanol–water partition coefficient (Wildman–Crippen LogP) is 3.72. The van der Waals surface area contributed by atoms with E-state index in [1.54, 1.807) is 13.2 Å². The van der Waals surface area contributed by atoms with Crippen LogP contribution < -0.4 is 14.8 Å². The molecule has 0 bridgehead atoms. The quantitative estimate of drug-likeness (QED) is 0.697. The molecule has 2 rings (SSSR count). The zero-order valence-electron chi connectivity index (χ0n) is 15.6. The van der Waals surface area contributed by atoms with Gasteiger partial charge in [-0.3, -0.25) is 9.69 Å². The van der Waals surface area contributed by atoms with E-state index in [0.29, 0.717) is 24.6 Å². The molecule has 138 valence electrons. The van der Waals surface area contributed by atoms with Crippen molar-refractivity contribution in [3.63, 3.8) is 0 Å². The van der Waals surface area contributed by atoms with Crippen LogP contribution in [0, 0.1) is 0 Å². The first kappa shape index (κ1) is 19.5. The van der Waals surface area contributed by atoms with Gasteiger partial charge < -0.3 is 14.8 Å². The molecule has 0 heterocycles. The fourth-order valence-electron chi connectivity index (χ4n) is 2.46. The third-order valence-electron chi connectivity index (χ3n) is 4.13. The molecule has 0 fully saturated rings. The van der Waals surface area contributed by atoms with E-state index in [9.17, 15) is 4.79 Å². The number of benzene rings is 2. The van der Waals surface area contributed by atoms with Gasteiger partial charge in [-0.25, -0.2) is 0 Å². The van der Waals surface area contributed by atoms with Gasteiger partial charge in [0.25, 0.3) is 0 Å². The van der Waals surface area contributed by atoms with E-state index in [1.165, 1.54) is 0 Å². The fraction of sp³-hybridized carbons (Fsp3) is 0.286. The summed E-state index contributed by atoms with van der Waals surface area (Å²) in [6, 6.07) is 14.9. The van der Waals surface area contributed by atoms with Crippen LogP contribution in [-0.2, 0) is 11.3 Å². The molecule has 0 aromatic heterocycles. The van der Waals surface area contributed by atoms with E-state index >= 15 is 0 Å². The first-order valence-electron chi connectivity index (χ1n) is 8.52. The lowest BCUT2D eigenvalue weighted by Crippen LogP contribution is -2.39. The van der Waals surface area contributed by atoms with Crippen molar-refractivity contribution in [1.29, 1.82) is 0 Å². The number of nitrogens with zero attached hydrogens (tertiary/aromatic N) is 1. The Bertz CT molecular complexity index is 728. The summed E-state index contributed by atoms with van der Waals surface area (Å²) < 4.78 is 10.8. The molecule has 5 nitrogen and oxygen atoms in total. The van der Waals surface area contributed by atoms with Crippen LogP contribution in [0.25, 0.3) is 0 Å². The minimum Gasteiger partial charge on any atom is -0.495 e. The highest BCUT2D eigenvalue weighted by Crippen LogP contribution is 2.23. The number of hydrogen-bond acceptors (Lipinski definition) is 4. The molecule has 0 spiro atoms. The number of para-hydroxylation sites is 2. The number of anilines is 1. The molecule has 1 amide bonds. The predicted molar refractivity (Wildman–Crippen MR) is 105 cm³/mol. The van der Waals surface area contributed by atoms with Crippen molar-refractivity contribution < 1.29 is 14.3 Å². The van der Waals surface area contributed by atoms with Gasteiger partial charge in [0.05, 0.1) is 18.8 Å². The van der Waals surface area contributed by atoms with E-state index in [1.807, 2.05) is 67.4 Å². The number of hydrogen-bond donors (Lipinski definition) is 1. The van der Waals surface area contributed by atoms with Crippen molar-refractivity contribution in [1.82, 2.24) is 4.90 Å². The lowest BCUT2D eigenvalue weighted by Gasteiger charge is -2.24. The van der Waals surface area contributed by atoms with Crippen LogP contribution in [0.1, 0.15) is 12.5 Å². The Morgan fingerprint density at radius 2 is 1.92 bits per heavy atom. The van der Waals surface area contributed by atoms with Crippen molar-refractivity contribution in [2.45, 2.75) is 19.5 Å². The number of carbonyl (C=O) groups excluding carboxylic acids is 1. The number of carbonyl (C=O) groups is 1. The molecule has 1 atom stereocenters. The molecule has 0 radical (unpaired) electrons. The van der Waals surface area contributed by atoms with Crippen molar-refractivity contribution >= 4 is 11.6 Å². The van der Waals surface area contributed by atoms with E-state index < -0.39 is 0 Å². The van der Waals surface area contributed by atoms with E-state index in [4.69, 9.17) is 9.47 Å². The van der Waals surface area contributed by atoms with Crippen molar-refractivity contribution in [3.05, 3.63) is 66.7 Å². The summed E-state index contributed by atoms with van der Waals surface area (Å²) in [4.78, 5) is 14.5. The lowest BCUT2D eigenvalue weighted by molar-refractivity contribution is -0.120. The average Bonchev–Trinajstić information content (AvgIpc) is 2.67. The Morgan fingerprint density at radius 3 is 2.58 bits per heavy atom. The molecular formula is C21H26N2O3. The van der Waals surface area contributed by atoms with Crippen molar-refractivity contribution in [2.75, 3.05) is 26.1 Å². The Morgan fingerprint density at radius 1 is 1.23 bits per heavy atom. The van der Waals surface area contributed by atoms with Gasteiger partial charge in [-0.05, 0) is 43.8 Å². The summed E-state index contributed by atoms with van der Waals surface area (Å²) in [6.07, 6.45) is 1.71. The van der Waals surface area contributed by atoms with Gasteiger partial charge >= 0.3 is 0 Å². The Labute approximate surface area is 155 Å². The van der Waals surface area contributed by atoms with Crippen LogP contribution >= 0.6 is 0 Å². The molecule has 0 aliphatic rings. The molecule has 5 heteroatoms. The number of likely N-dealkylation sites (N-methyl/N-ethyl adjacent to an activating group) is 1. The maximum atomic E-state index is 12.5. The molecule has 0 saturated carbocycles. The van der Waals surface area contributed by atoms with Gasteiger partial charge in [0.1, 0.15) is 18.1 Å². The van der Waals surface area contributed by atoms with Gasteiger partial charge in [0.15, 0.2) is 0 Å². The molecular weight excluding hydrogens is 328 g/mol. The molecule has 2 aromatic carbocycles. The SMILES string of the molecule is C=CCOc1ccc(CN(C)[C@H](C)C(=O)Nc2ccccc2OC)cc1. The summed E-state index contributed by atoms with van der Waals surface area (Å²) in [5.41, 5.74) is 1.78. The molecule has 0 saturated heterocycles. The molecule has 26 heavy (non-hydrogen) atoms. The Hall–Kier alpha value is -2.79. The van der Waals surface area contributed by atoms with Crippen molar-refractivity contribution in [3.8, 4) is 11.5 Å². The fourth-order valence-corrected chi connectivity index (χ4v) is 2.46. The van der Waals surface area contributed by atoms with Gasteiger partial charge in [0, 0.05) is 6.54 Å². The standard InChI is InChI=1S/C21H26N2O3/c1-5-14-26-18-12-10-17(11-13-18)15-23(3)16(2)21(24)22-19-8-6-7-9-20(19)25-4/h5-13,16H,1,14-15H2,2-4H3,(H,22,24)/t16-/m1/s1. The van der Waals surface area contributed by atoms with Gasteiger partial charge in [0.2, 0.25) is 5.91 Å². The van der Waals surface area contributed by atoms with Crippen LogP contribution in [0.2, 0.25) is 0 Å². The largest absolute Gasteiger partial charge is 0.495 e. The number of ether oxygens (including phenoxy) is 2. The smallest absolute Gasteiger partial charge is 0.241 e. The summed E-state index contributed by atoms with van der Waals surface area (Å²) in [7, 11) is 3.51.